The Morgan fingerprint density at radius 1 is 1.11 bits per heavy atom. The predicted molar refractivity (Wildman–Crippen MR) is 105 cm³/mol. The van der Waals surface area contributed by atoms with Gasteiger partial charge in [-0.15, -0.1) is 10.2 Å². The Hall–Kier alpha value is -1.95. The van der Waals surface area contributed by atoms with Gasteiger partial charge in [0.25, 0.3) is 0 Å². The molecule has 27 heavy (non-hydrogen) atoms. The molecule has 7 rings (SSSR count). The van der Waals surface area contributed by atoms with Crippen molar-refractivity contribution in [3.05, 3.63) is 30.1 Å². The molecule has 1 aromatic carbocycles. The van der Waals surface area contributed by atoms with Crippen LogP contribution in [0.1, 0.15) is 51.3 Å². The Labute approximate surface area is 162 Å². The highest BCUT2D eigenvalue weighted by molar-refractivity contribution is 7.19. The third-order valence-electron chi connectivity index (χ3n) is 6.90. The number of nitrogens with zero attached hydrogens (tertiary/aromatic N) is 4. The van der Waals surface area contributed by atoms with Gasteiger partial charge in [-0.2, -0.15) is 9.61 Å². The van der Waals surface area contributed by atoms with Crippen LogP contribution in [0.5, 0.6) is 5.75 Å². The van der Waals surface area contributed by atoms with E-state index in [9.17, 15) is 0 Å². The molecule has 0 radical (unpaired) electrons. The van der Waals surface area contributed by atoms with Crippen LogP contribution in [0.15, 0.2) is 24.3 Å². The summed E-state index contributed by atoms with van der Waals surface area (Å²) in [6, 6.07) is 8.19. The van der Waals surface area contributed by atoms with Crippen molar-refractivity contribution >= 4 is 16.3 Å². The van der Waals surface area contributed by atoms with E-state index in [0.29, 0.717) is 6.61 Å². The van der Waals surface area contributed by atoms with Crippen molar-refractivity contribution in [1.29, 1.82) is 0 Å². The Bertz CT molecular complexity index is 971. The Morgan fingerprint density at radius 2 is 1.85 bits per heavy atom. The van der Waals surface area contributed by atoms with Crippen molar-refractivity contribution in [3.8, 4) is 16.3 Å². The molecule has 4 saturated carbocycles. The first-order chi connectivity index (χ1) is 13.2. The molecule has 2 aromatic heterocycles. The summed E-state index contributed by atoms with van der Waals surface area (Å²) >= 11 is 1.62. The Balaban J connectivity index is 1.41. The van der Waals surface area contributed by atoms with E-state index < -0.39 is 0 Å². The summed E-state index contributed by atoms with van der Waals surface area (Å²) in [5.41, 5.74) is 1.31. The van der Waals surface area contributed by atoms with Gasteiger partial charge < -0.3 is 4.74 Å². The summed E-state index contributed by atoms with van der Waals surface area (Å²) in [5.74, 6) is 4.70. The van der Waals surface area contributed by atoms with E-state index in [1.165, 1.54) is 38.5 Å². The lowest BCUT2D eigenvalue weighted by Gasteiger charge is -2.55. The molecule has 0 aliphatic heterocycles. The maximum absolute atomic E-state index is 5.65. The summed E-state index contributed by atoms with van der Waals surface area (Å²) in [6.45, 7) is 2.68. The zero-order chi connectivity index (χ0) is 18.0. The molecular formula is C21H24N4OS. The lowest BCUT2D eigenvalue weighted by Crippen LogP contribution is -2.49. The second-order valence-electron chi connectivity index (χ2n) is 8.78. The minimum Gasteiger partial charge on any atom is -0.494 e. The molecule has 0 atom stereocenters. The van der Waals surface area contributed by atoms with Crippen LogP contribution in [-0.4, -0.2) is 26.4 Å². The largest absolute Gasteiger partial charge is 0.494 e. The van der Waals surface area contributed by atoms with Gasteiger partial charge in [0.15, 0.2) is 5.82 Å². The van der Waals surface area contributed by atoms with Gasteiger partial charge in [-0.25, -0.2) is 0 Å². The molecule has 140 valence electrons. The number of hydrogen-bond acceptors (Lipinski definition) is 5. The van der Waals surface area contributed by atoms with Crippen LogP contribution in [0.4, 0.5) is 0 Å². The molecule has 0 unspecified atom stereocenters. The molecule has 0 spiro atoms. The number of ether oxygens (including phenoxy) is 1. The van der Waals surface area contributed by atoms with E-state index >= 15 is 0 Å². The lowest BCUT2D eigenvalue weighted by molar-refractivity contribution is -0.0103. The number of aromatic nitrogens is 4. The van der Waals surface area contributed by atoms with Crippen molar-refractivity contribution in [2.45, 2.75) is 50.9 Å². The van der Waals surface area contributed by atoms with Crippen LogP contribution in [-0.2, 0) is 5.41 Å². The number of rotatable bonds is 4. The molecule has 6 heteroatoms. The fraction of sp³-hybridized carbons (Fsp3) is 0.571. The van der Waals surface area contributed by atoms with Gasteiger partial charge >= 0.3 is 0 Å². The first-order valence-corrected chi connectivity index (χ1v) is 11.0. The summed E-state index contributed by atoms with van der Waals surface area (Å²) in [4.78, 5) is 0.914. The molecule has 4 aliphatic rings. The fourth-order valence-corrected chi connectivity index (χ4v) is 7.17. The second-order valence-corrected chi connectivity index (χ2v) is 9.74. The zero-order valence-corrected chi connectivity index (χ0v) is 16.4. The van der Waals surface area contributed by atoms with E-state index in [4.69, 9.17) is 9.84 Å². The number of benzene rings is 1. The van der Waals surface area contributed by atoms with Crippen LogP contribution in [0.2, 0.25) is 0 Å². The van der Waals surface area contributed by atoms with E-state index in [0.717, 1.165) is 44.9 Å². The summed E-state index contributed by atoms with van der Waals surface area (Å²) in [5, 5.41) is 15.1. The highest BCUT2D eigenvalue weighted by atomic mass is 32.1. The highest BCUT2D eigenvalue weighted by Gasteiger charge is 2.54. The van der Waals surface area contributed by atoms with Crippen LogP contribution < -0.4 is 4.74 Å². The first-order valence-electron chi connectivity index (χ1n) is 10.2. The van der Waals surface area contributed by atoms with Crippen molar-refractivity contribution in [2.75, 3.05) is 6.61 Å². The average molecular weight is 381 g/mol. The first kappa shape index (κ1) is 16.0. The standard InChI is InChI=1S/C21H24N4OS/c1-2-26-17-5-3-4-16(9-17)18-24-25-19(22-23-20(25)27-18)21-10-13-6-14(11-21)8-15(7-13)12-21/h3-5,9,13-15H,2,6-8,10-12H2,1H3. The van der Waals surface area contributed by atoms with Gasteiger partial charge in [0.1, 0.15) is 10.8 Å². The summed E-state index contributed by atoms with van der Waals surface area (Å²) in [7, 11) is 0. The quantitative estimate of drug-likeness (QED) is 0.657. The van der Waals surface area contributed by atoms with Gasteiger partial charge in [0, 0.05) is 11.0 Å². The Kier molecular flexibility index (Phi) is 3.43. The molecule has 0 N–H and O–H groups in total. The molecule has 4 aliphatic carbocycles. The molecular weight excluding hydrogens is 356 g/mol. The van der Waals surface area contributed by atoms with Gasteiger partial charge in [-0.05, 0) is 75.3 Å². The maximum Gasteiger partial charge on any atom is 0.235 e. The van der Waals surface area contributed by atoms with Crippen molar-refractivity contribution < 1.29 is 4.74 Å². The lowest BCUT2D eigenvalue weighted by atomic mass is 9.49. The second kappa shape index (κ2) is 5.77. The SMILES string of the molecule is CCOc1cccc(-c2nn3c(C45CC6CC(CC(C6)C4)C5)nnc3s2)c1. The van der Waals surface area contributed by atoms with Crippen molar-refractivity contribution in [2.24, 2.45) is 17.8 Å². The van der Waals surface area contributed by atoms with Gasteiger partial charge in [0.2, 0.25) is 4.96 Å². The molecule has 3 aromatic rings. The predicted octanol–water partition coefficient (Wildman–Crippen LogP) is 4.72. The fourth-order valence-electron chi connectivity index (χ4n) is 6.33. The van der Waals surface area contributed by atoms with E-state index in [-0.39, 0.29) is 5.41 Å². The average Bonchev–Trinajstić information content (AvgIpc) is 3.21. The van der Waals surface area contributed by atoms with E-state index in [1.54, 1.807) is 11.3 Å². The molecule has 5 nitrogen and oxygen atoms in total. The van der Waals surface area contributed by atoms with Gasteiger partial charge in [-0.3, -0.25) is 0 Å². The third kappa shape index (κ3) is 2.45. The van der Waals surface area contributed by atoms with Gasteiger partial charge in [0.05, 0.1) is 6.61 Å². The van der Waals surface area contributed by atoms with E-state index in [2.05, 4.69) is 26.8 Å². The molecule has 0 amide bonds. The number of hydrogen-bond donors (Lipinski definition) is 0. The minimum absolute atomic E-state index is 0.215. The van der Waals surface area contributed by atoms with Crippen LogP contribution in [0, 0.1) is 17.8 Å². The molecule has 0 saturated heterocycles. The van der Waals surface area contributed by atoms with E-state index in [1.807, 2.05) is 19.1 Å². The third-order valence-corrected chi connectivity index (χ3v) is 7.84. The smallest absolute Gasteiger partial charge is 0.235 e. The van der Waals surface area contributed by atoms with Crippen LogP contribution in [0.25, 0.3) is 15.5 Å². The minimum atomic E-state index is 0.215. The summed E-state index contributed by atoms with van der Waals surface area (Å²) < 4.78 is 7.71. The van der Waals surface area contributed by atoms with Crippen molar-refractivity contribution in [3.63, 3.8) is 0 Å². The van der Waals surface area contributed by atoms with Crippen LogP contribution >= 0.6 is 11.3 Å². The monoisotopic (exact) mass is 380 g/mol. The van der Waals surface area contributed by atoms with Crippen molar-refractivity contribution in [1.82, 2.24) is 19.8 Å². The zero-order valence-electron chi connectivity index (χ0n) is 15.6. The highest BCUT2D eigenvalue weighted by Crippen LogP contribution is 2.60. The normalized spacial score (nSPS) is 31.7. The summed E-state index contributed by atoms with van der Waals surface area (Å²) in [6.07, 6.45) is 8.17. The molecule has 4 fully saturated rings. The topological polar surface area (TPSA) is 52.3 Å². The molecule has 2 heterocycles. The maximum atomic E-state index is 5.65. The van der Waals surface area contributed by atoms with Gasteiger partial charge in [-0.1, -0.05) is 23.5 Å². The van der Waals surface area contributed by atoms with Crippen LogP contribution in [0.3, 0.4) is 0 Å². The number of fused-ring (bicyclic) bond motifs is 1. The Morgan fingerprint density at radius 3 is 2.56 bits per heavy atom. The molecule has 4 bridgehead atoms.